The van der Waals surface area contributed by atoms with Crippen molar-refractivity contribution in [1.82, 2.24) is 0 Å². The molecule has 1 unspecified atom stereocenters. The van der Waals surface area contributed by atoms with Crippen LogP contribution >= 0.6 is 15.2 Å². The fourth-order valence-electron chi connectivity index (χ4n) is 0.319. The molecule has 5 N–H and O–H groups in total. The Labute approximate surface area is 119 Å². The maximum Gasteiger partial charge on any atom is 0.354 e. The Hall–Kier alpha value is 2.26. The van der Waals surface area contributed by atoms with Gasteiger partial charge < -0.3 is 24.7 Å². The molecule has 0 aliphatic carbocycles. The van der Waals surface area contributed by atoms with E-state index >= 15 is 0 Å². The van der Waals surface area contributed by atoms with Crippen molar-refractivity contribution in [3.63, 3.8) is 0 Å². The zero-order valence-corrected chi connectivity index (χ0v) is 13.0. The second-order valence-electron chi connectivity index (χ2n) is 1.92. The van der Waals surface area contributed by atoms with Crippen LogP contribution in [-0.2, 0) is 9.13 Å². The molecule has 0 aliphatic rings. The first-order chi connectivity index (χ1) is 4.63. The summed E-state index contributed by atoms with van der Waals surface area (Å²) in [6, 6.07) is 0. The molecule has 0 saturated heterocycles. The van der Waals surface area contributed by atoms with Gasteiger partial charge in [0.1, 0.15) is 0 Å². The summed E-state index contributed by atoms with van der Waals surface area (Å²) >= 11 is 0. The number of hydrogen-bond donors (Lipinski definition) is 5. The van der Waals surface area contributed by atoms with Crippen molar-refractivity contribution in [1.29, 1.82) is 0 Å². The van der Waals surface area contributed by atoms with Gasteiger partial charge in [-0.15, -0.1) is 0 Å². The van der Waals surface area contributed by atoms with E-state index in [0.717, 1.165) is 0 Å². The monoisotopic (exact) mass is 252 g/mol. The first kappa shape index (κ1) is 20.6. The summed E-state index contributed by atoms with van der Waals surface area (Å²) in [6.07, 6.45) is -1.22. The summed E-state index contributed by atoms with van der Waals surface area (Å²) in [7, 11) is -9.35. The molecule has 11 heteroatoms. The van der Waals surface area contributed by atoms with Crippen LogP contribution in [0.5, 0.6) is 0 Å². The van der Waals surface area contributed by atoms with Gasteiger partial charge in [0, 0.05) is 59.1 Å². The summed E-state index contributed by atoms with van der Waals surface area (Å²) in [5, 5.41) is 8.47. The number of aliphatic hydroxyl groups is 1. The third-order valence-electron chi connectivity index (χ3n) is 0.789. The van der Waals surface area contributed by atoms with Crippen LogP contribution in [0.4, 0.5) is 0 Å². The zero-order valence-electron chi connectivity index (χ0n) is 7.23. The van der Waals surface area contributed by atoms with Gasteiger partial charge in [0.25, 0.3) is 0 Å². The molecule has 7 nitrogen and oxygen atoms in total. The van der Waals surface area contributed by atoms with Gasteiger partial charge in [-0.25, -0.2) is 0 Å². The van der Waals surface area contributed by atoms with Gasteiger partial charge >= 0.3 is 15.2 Å². The Morgan fingerprint density at radius 3 is 1.38 bits per heavy atom. The maximum atomic E-state index is 10.1. The number of hydrogen-bond acceptors (Lipinski definition) is 3. The fourth-order valence-corrected chi connectivity index (χ4v) is 2.23. The molecule has 0 rings (SSSR count). The molecule has 0 aromatic heterocycles. The van der Waals surface area contributed by atoms with Gasteiger partial charge in [-0.1, -0.05) is 0 Å². The summed E-state index contributed by atoms with van der Waals surface area (Å²) in [6.45, 7) is 0. The van der Waals surface area contributed by atoms with Crippen LogP contribution in [0, 0.1) is 0 Å². The molecule has 0 heterocycles. The van der Waals surface area contributed by atoms with Gasteiger partial charge in [-0.2, -0.15) is 0 Å². The third kappa shape index (κ3) is 12.2. The van der Waals surface area contributed by atoms with E-state index in [9.17, 15) is 9.13 Å². The van der Waals surface area contributed by atoms with Gasteiger partial charge in [0.05, 0.1) is 6.16 Å². The van der Waals surface area contributed by atoms with Crippen LogP contribution in [0.1, 0.15) is 0 Å². The summed E-state index contributed by atoms with van der Waals surface area (Å²) in [4.78, 5) is 32.7. The van der Waals surface area contributed by atoms with E-state index < -0.39 is 27.2 Å². The Morgan fingerprint density at radius 1 is 1.00 bits per heavy atom. The van der Waals surface area contributed by atoms with Crippen molar-refractivity contribution in [3.8, 4) is 0 Å². The number of rotatable bonds is 3. The smallest absolute Gasteiger partial charge is 0.354 e. The van der Waals surface area contributed by atoms with E-state index in [2.05, 4.69) is 0 Å². The number of aliphatic hydroxyl groups excluding tert-OH is 1. The summed E-state index contributed by atoms with van der Waals surface area (Å²) in [5.41, 5.74) is 0. The molecule has 0 aromatic carbocycles. The molecule has 0 aliphatic heterocycles. The molecule has 70 valence electrons. The molecule has 0 bridgehead atoms. The first-order valence-corrected chi connectivity index (χ1v) is 5.89. The summed E-state index contributed by atoms with van der Waals surface area (Å²) < 4.78 is 20.2. The van der Waals surface area contributed by atoms with Crippen LogP contribution in [0.2, 0.25) is 0 Å². The van der Waals surface area contributed by atoms with Crippen LogP contribution in [0.15, 0.2) is 0 Å². The third-order valence-corrected chi connectivity index (χ3v) is 2.86. The minimum atomic E-state index is -4.79. The molecule has 13 heavy (non-hydrogen) atoms. The SMILES string of the molecule is O=P(O)(O)CC(O)P(=O)(O)O.[Na].[Na]. The molecule has 0 saturated carbocycles. The standard InChI is InChI=1S/C2H8O7P2.2Na/c3-2(11(7,8)9)1-10(4,5)6;;/h2-3H,1H2,(H2,4,5,6)(H2,7,8,9);;. The van der Waals surface area contributed by atoms with Crippen molar-refractivity contribution < 1.29 is 33.8 Å². The average Bonchev–Trinajstić information content (AvgIpc) is 1.56. The summed E-state index contributed by atoms with van der Waals surface area (Å²) in [5.74, 6) is -2.29. The fraction of sp³-hybridized carbons (Fsp3) is 1.00. The minimum absolute atomic E-state index is 0. The predicted octanol–water partition coefficient (Wildman–Crippen LogP) is -2.10. The van der Waals surface area contributed by atoms with Crippen molar-refractivity contribution >= 4 is 74.3 Å². The van der Waals surface area contributed by atoms with Gasteiger partial charge in [0.2, 0.25) is 0 Å². The average molecular weight is 252 g/mol. The van der Waals surface area contributed by atoms with Gasteiger partial charge in [-0.05, 0) is 0 Å². The van der Waals surface area contributed by atoms with Crippen LogP contribution in [0.25, 0.3) is 0 Å². The molecule has 0 fully saturated rings. The Balaban J connectivity index is -0.000000500. The molecule has 2 radical (unpaired) electrons. The molecule has 1 atom stereocenters. The van der Waals surface area contributed by atoms with E-state index in [1.165, 1.54) is 0 Å². The second-order valence-corrected chi connectivity index (χ2v) is 5.39. The Morgan fingerprint density at radius 2 is 1.31 bits per heavy atom. The van der Waals surface area contributed by atoms with Gasteiger partial charge in [0.15, 0.2) is 5.85 Å². The normalized spacial score (nSPS) is 13.9. The Bertz CT molecular complexity index is 219. The molecular weight excluding hydrogens is 244 g/mol. The first-order valence-electron chi connectivity index (χ1n) is 2.41. The van der Waals surface area contributed by atoms with Crippen molar-refractivity contribution in [2.24, 2.45) is 0 Å². The second kappa shape index (κ2) is 7.52. The van der Waals surface area contributed by atoms with Crippen molar-refractivity contribution in [2.45, 2.75) is 5.85 Å². The Kier molecular flexibility index (Phi) is 11.9. The van der Waals surface area contributed by atoms with Crippen LogP contribution < -0.4 is 0 Å². The predicted molar refractivity (Wildman–Crippen MR) is 46.5 cm³/mol. The quantitative estimate of drug-likeness (QED) is 0.286. The van der Waals surface area contributed by atoms with Gasteiger partial charge in [-0.3, -0.25) is 9.13 Å². The molecule has 0 aromatic rings. The van der Waals surface area contributed by atoms with E-state index in [0.29, 0.717) is 0 Å². The van der Waals surface area contributed by atoms with E-state index in [4.69, 9.17) is 24.7 Å². The van der Waals surface area contributed by atoms with Crippen molar-refractivity contribution in [2.75, 3.05) is 6.16 Å². The largest absolute Gasteiger partial charge is 0.380 e. The van der Waals surface area contributed by atoms with E-state index in [-0.39, 0.29) is 59.1 Å². The van der Waals surface area contributed by atoms with Crippen LogP contribution in [0.3, 0.4) is 0 Å². The maximum absolute atomic E-state index is 10.1. The molecular formula is C2H8Na2O7P2. The van der Waals surface area contributed by atoms with E-state index in [1.807, 2.05) is 0 Å². The van der Waals surface area contributed by atoms with Crippen molar-refractivity contribution in [3.05, 3.63) is 0 Å². The van der Waals surface area contributed by atoms with E-state index in [1.54, 1.807) is 0 Å². The minimum Gasteiger partial charge on any atom is -0.380 e. The molecule has 0 amide bonds. The topological polar surface area (TPSA) is 135 Å². The van der Waals surface area contributed by atoms with Crippen LogP contribution in [-0.4, -0.2) is 95.8 Å². The zero-order chi connectivity index (χ0) is 9.28. The molecule has 0 spiro atoms.